The molecule has 0 aliphatic carbocycles. The van der Waals surface area contributed by atoms with Gasteiger partial charge in [0.05, 0.1) is 22.6 Å². The first kappa shape index (κ1) is 19.4. The van der Waals surface area contributed by atoms with Crippen LogP contribution >= 0.6 is 22.9 Å². The molecule has 3 aromatic rings. The van der Waals surface area contributed by atoms with Crippen LogP contribution < -0.4 is 10.6 Å². The number of aliphatic imine (C=N–C) groups is 1. The summed E-state index contributed by atoms with van der Waals surface area (Å²) in [5.41, 5.74) is 3.16. The van der Waals surface area contributed by atoms with Crippen molar-refractivity contribution >= 4 is 28.9 Å². The summed E-state index contributed by atoms with van der Waals surface area (Å²) in [6.07, 6.45) is 4.72. The van der Waals surface area contributed by atoms with E-state index in [0.29, 0.717) is 11.6 Å². The Labute approximate surface area is 168 Å². The van der Waals surface area contributed by atoms with E-state index >= 15 is 0 Å². The second-order valence-corrected chi connectivity index (χ2v) is 7.85. The third-order valence-electron chi connectivity index (χ3n) is 4.11. The number of nitrogens with zero attached hydrogens (tertiary/aromatic N) is 4. The summed E-state index contributed by atoms with van der Waals surface area (Å²) >= 11 is 7.69. The summed E-state index contributed by atoms with van der Waals surface area (Å²) in [6.45, 7) is 5.58. The molecule has 0 saturated heterocycles. The number of hydrogen-bond donors (Lipinski definition) is 2. The Morgan fingerprint density at radius 3 is 2.67 bits per heavy atom. The van der Waals surface area contributed by atoms with E-state index < -0.39 is 0 Å². The molecule has 1 aromatic carbocycles. The Balaban J connectivity index is 1.48. The zero-order valence-electron chi connectivity index (χ0n) is 15.7. The van der Waals surface area contributed by atoms with Crippen LogP contribution in [0, 0.1) is 13.8 Å². The minimum Gasteiger partial charge on any atom is -0.356 e. The summed E-state index contributed by atoms with van der Waals surface area (Å²) < 4.78 is 1.83. The third kappa shape index (κ3) is 5.30. The van der Waals surface area contributed by atoms with Gasteiger partial charge < -0.3 is 10.6 Å². The van der Waals surface area contributed by atoms with Gasteiger partial charge in [0.1, 0.15) is 0 Å². The van der Waals surface area contributed by atoms with Gasteiger partial charge in [0.2, 0.25) is 0 Å². The number of rotatable bonds is 6. The topological polar surface area (TPSA) is 67.1 Å². The van der Waals surface area contributed by atoms with E-state index in [0.717, 1.165) is 40.9 Å². The molecule has 0 bridgehead atoms. The molecular weight excluding hydrogens is 380 g/mol. The molecule has 8 heteroatoms. The first-order chi connectivity index (χ1) is 13.0. The van der Waals surface area contributed by atoms with Crippen LogP contribution in [0.3, 0.4) is 0 Å². The first-order valence-electron chi connectivity index (χ1n) is 8.72. The van der Waals surface area contributed by atoms with Crippen LogP contribution in [-0.4, -0.2) is 34.3 Å². The van der Waals surface area contributed by atoms with Crippen LogP contribution in [0.1, 0.15) is 21.1 Å². The van der Waals surface area contributed by atoms with Crippen molar-refractivity contribution in [3.05, 3.63) is 62.8 Å². The first-order valence-corrected chi connectivity index (χ1v) is 9.91. The summed E-state index contributed by atoms with van der Waals surface area (Å²) in [7, 11) is 1.77. The van der Waals surface area contributed by atoms with Crippen LogP contribution in [0.15, 0.2) is 41.7 Å². The maximum absolute atomic E-state index is 5.93. The summed E-state index contributed by atoms with van der Waals surface area (Å²) in [5, 5.41) is 12.9. The number of guanidine groups is 1. The molecule has 0 atom stereocenters. The molecule has 6 nitrogen and oxygen atoms in total. The highest BCUT2D eigenvalue weighted by atomic mass is 35.5. The highest BCUT2D eigenvalue weighted by Crippen LogP contribution is 2.16. The molecule has 3 rings (SSSR count). The van der Waals surface area contributed by atoms with Crippen LogP contribution in [-0.2, 0) is 13.0 Å². The average Bonchev–Trinajstić information content (AvgIpc) is 3.25. The van der Waals surface area contributed by atoms with Gasteiger partial charge in [0.25, 0.3) is 0 Å². The predicted molar refractivity (Wildman–Crippen MR) is 112 cm³/mol. The molecule has 0 aliphatic rings. The summed E-state index contributed by atoms with van der Waals surface area (Å²) in [6, 6.07) is 7.59. The van der Waals surface area contributed by atoms with E-state index in [2.05, 4.69) is 32.6 Å². The molecule has 2 N–H and O–H groups in total. The predicted octanol–water partition coefficient (Wildman–Crippen LogP) is 3.51. The molecular formula is C19H23ClN6S. The van der Waals surface area contributed by atoms with Gasteiger partial charge >= 0.3 is 0 Å². The van der Waals surface area contributed by atoms with Gasteiger partial charge in [-0.2, -0.15) is 5.10 Å². The number of thiazole rings is 1. The van der Waals surface area contributed by atoms with E-state index in [4.69, 9.17) is 11.6 Å². The van der Waals surface area contributed by atoms with Crippen LogP contribution in [0.5, 0.6) is 0 Å². The maximum Gasteiger partial charge on any atom is 0.191 e. The van der Waals surface area contributed by atoms with Crippen LogP contribution in [0.4, 0.5) is 0 Å². The van der Waals surface area contributed by atoms with Gasteiger partial charge in [-0.15, -0.1) is 11.3 Å². The zero-order chi connectivity index (χ0) is 19.2. The molecule has 0 fully saturated rings. The molecule has 2 aromatic heterocycles. The molecule has 27 heavy (non-hydrogen) atoms. The second kappa shape index (κ2) is 9.01. The van der Waals surface area contributed by atoms with E-state index in [1.807, 2.05) is 48.3 Å². The Morgan fingerprint density at radius 1 is 1.22 bits per heavy atom. The van der Waals surface area contributed by atoms with E-state index in [-0.39, 0.29) is 0 Å². The molecule has 0 aliphatic heterocycles. The van der Waals surface area contributed by atoms with Gasteiger partial charge in [-0.25, -0.2) is 9.67 Å². The lowest BCUT2D eigenvalue weighted by molar-refractivity contribution is 0.790. The number of benzene rings is 1. The van der Waals surface area contributed by atoms with E-state index in [1.165, 1.54) is 4.88 Å². The average molecular weight is 403 g/mol. The molecule has 0 saturated carbocycles. The highest BCUT2D eigenvalue weighted by molar-refractivity contribution is 7.11. The normalized spacial score (nSPS) is 11.6. The van der Waals surface area contributed by atoms with Crippen molar-refractivity contribution in [2.45, 2.75) is 26.8 Å². The van der Waals surface area contributed by atoms with Crippen molar-refractivity contribution in [2.75, 3.05) is 13.6 Å². The monoisotopic (exact) mass is 402 g/mol. The highest BCUT2D eigenvalue weighted by Gasteiger charge is 2.05. The van der Waals surface area contributed by atoms with Crippen molar-refractivity contribution in [2.24, 2.45) is 4.99 Å². The summed E-state index contributed by atoms with van der Waals surface area (Å²) in [5.74, 6) is 0.763. The van der Waals surface area contributed by atoms with Crippen molar-refractivity contribution in [3.8, 4) is 5.69 Å². The third-order valence-corrected chi connectivity index (χ3v) is 5.50. The SMILES string of the molecule is CN=C(NCCc1nc(C)c(C)s1)NCc1cnn(-c2ccc(Cl)cc2)c1. The van der Waals surface area contributed by atoms with Crippen molar-refractivity contribution < 1.29 is 0 Å². The molecule has 142 valence electrons. The fourth-order valence-electron chi connectivity index (χ4n) is 2.53. The Kier molecular flexibility index (Phi) is 6.47. The van der Waals surface area contributed by atoms with Crippen molar-refractivity contribution in [3.63, 3.8) is 0 Å². The van der Waals surface area contributed by atoms with Gasteiger partial charge in [0, 0.05) is 48.2 Å². The van der Waals surface area contributed by atoms with Crippen molar-refractivity contribution in [1.82, 2.24) is 25.4 Å². The number of hydrogen-bond acceptors (Lipinski definition) is 4. The minimum atomic E-state index is 0.642. The van der Waals surface area contributed by atoms with E-state index in [1.54, 1.807) is 18.4 Å². The van der Waals surface area contributed by atoms with Crippen molar-refractivity contribution in [1.29, 1.82) is 0 Å². The molecule has 0 spiro atoms. The van der Waals surface area contributed by atoms with Crippen LogP contribution in [0.25, 0.3) is 5.69 Å². The quantitative estimate of drug-likeness (QED) is 0.489. The Morgan fingerprint density at radius 2 is 2.00 bits per heavy atom. The molecule has 0 unspecified atom stereocenters. The number of halogens is 1. The lowest BCUT2D eigenvalue weighted by atomic mass is 10.3. The maximum atomic E-state index is 5.93. The van der Waals surface area contributed by atoms with Gasteiger partial charge in [-0.1, -0.05) is 11.6 Å². The Hall–Kier alpha value is -2.38. The van der Waals surface area contributed by atoms with Gasteiger partial charge in [0.15, 0.2) is 5.96 Å². The Bertz CT molecular complexity index is 893. The number of aryl methyl sites for hydroxylation is 2. The standard InChI is InChI=1S/C19H23ClN6S/c1-13-14(2)27-18(25-13)8-9-22-19(21-3)23-10-15-11-24-26(12-15)17-6-4-16(20)5-7-17/h4-7,11-12H,8-10H2,1-3H3,(H2,21,22,23). The summed E-state index contributed by atoms with van der Waals surface area (Å²) in [4.78, 5) is 10.1. The fraction of sp³-hybridized carbons (Fsp3) is 0.316. The zero-order valence-corrected chi connectivity index (χ0v) is 17.2. The number of nitrogens with one attached hydrogen (secondary N) is 2. The molecule has 0 radical (unpaired) electrons. The smallest absolute Gasteiger partial charge is 0.191 e. The minimum absolute atomic E-state index is 0.642. The molecule has 2 heterocycles. The van der Waals surface area contributed by atoms with Gasteiger partial charge in [-0.05, 0) is 38.1 Å². The lowest BCUT2D eigenvalue weighted by Crippen LogP contribution is -2.37. The fourth-order valence-corrected chi connectivity index (χ4v) is 3.59. The van der Waals surface area contributed by atoms with Gasteiger partial charge in [-0.3, -0.25) is 4.99 Å². The van der Waals surface area contributed by atoms with E-state index in [9.17, 15) is 0 Å². The molecule has 0 amide bonds. The number of aromatic nitrogens is 3. The van der Waals surface area contributed by atoms with Crippen LogP contribution in [0.2, 0.25) is 5.02 Å². The largest absolute Gasteiger partial charge is 0.356 e. The lowest BCUT2D eigenvalue weighted by Gasteiger charge is -2.10. The second-order valence-electron chi connectivity index (χ2n) is 6.12.